The van der Waals surface area contributed by atoms with Crippen molar-refractivity contribution in [2.45, 2.75) is 31.0 Å². The summed E-state index contributed by atoms with van der Waals surface area (Å²) in [6.07, 6.45) is -1.21. The molecule has 56 heavy (non-hydrogen) atoms. The van der Waals surface area contributed by atoms with E-state index in [0.29, 0.717) is 10.0 Å². The van der Waals surface area contributed by atoms with E-state index in [4.69, 9.17) is 5.11 Å². The number of amides is 4. The number of nitrogens with one attached hydrogen (secondary N) is 4. The second kappa shape index (κ2) is 23.9. The van der Waals surface area contributed by atoms with E-state index in [0.717, 1.165) is 16.7 Å². The summed E-state index contributed by atoms with van der Waals surface area (Å²) in [6.45, 7) is -1.81. The quantitative estimate of drug-likeness (QED) is 0.0383. The average molecular weight is 878 g/mol. The molecule has 0 aromatic heterocycles. The first-order valence-electron chi connectivity index (χ1n) is 16.7. The fraction of sp³-hybridized carbons (Fsp3) is 0.516. The number of benzene rings is 1. The van der Waals surface area contributed by atoms with Gasteiger partial charge in [0.2, 0.25) is 5.91 Å². The first-order chi connectivity index (χ1) is 26.4. The van der Waals surface area contributed by atoms with Gasteiger partial charge in [0.15, 0.2) is 6.04 Å². The molecule has 1 unspecified atom stereocenters. The zero-order valence-electron chi connectivity index (χ0n) is 29.7. The predicted molar refractivity (Wildman–Crippen MR) is 195 cm³/mol. The van der Waals surface area contributed by atoms with Crippen molar-refractivity contribution in [2.75, 3.05) is 75.7 Å². The number of aliphatic carboxylic acids is 5. The van der Waals surface area contributed by atoms with Gasteiger partial charge in [-0.15, -0.1) is 0 Å². The van der Waals surface area contributed by atoms with Gasteiger partial charge in [-0.05, 0) is 6.42 Å². The van der Waals surface area contributed by atoms with Crippen LogP contribution in [-0.2, 0) is 43.2 Å². The van der Waals surface area contributed by atoms with Gasteiger partial charge in [-0.2, -0.15) is 0 Å². The Hall–Kier alpha value is -4.84. The van der Waals surface area contributed by atoms with E-state index in [2.05, 4.69) is 21.3 Å². The topological polar surface area (TPSA) is 353 Å². The van der Waals surface area contributed by atoms with Crippen molar-refractivity contribution >= 4 is 90.6 Å². The molecule has 1 heterocycles. The van der Waals surface area contributed by atoms with Crippen LogP contribution in [0.1, 0.15) is 12.8 Å². The number of carboxylic acid groups (broad SMARTS) is 5. The molecular formula is C31H44AsN7O16S. The van der Waals surface area contributed by atoms with E-state index in [9.17, 15) is 71.8 Å². The molecule has 4 amide bonds. The molecule has 2 rings (SSSR count). The number of anilines is 1. The minimum absolute atomic E-state index is 0.0246. The summed E-state index contributed by atoms with van der Waals surface area (Å²) in [7, 11) is 0. The van der Waals surface area contributed by atoms with Crippen LogP contribution < -0.4 is 25.6 Å². The van der Waals surface area contributed by atoms with Gasteiger partial charge in [0, 0.05) is 45.7 Å². The predicted octanol–water partition coefficient (Wildman–Crippen LogP) is -5.38. The van der Waals surface area contributed by atoms with Gasteiger partial charge < -0.3 is 30.8 Å². The van der Waals surface area contributed by atoms with E-state index in [1.165, 1.54) is 34.1 Å². The number of thioether (sulfide) groups is 1. The molecule has 0 aliphatic carbocycles. The minimum Gasteiger partial charge on any atom is -0.480 e. The minimum atomic E-state index is -3.09. The molecule has 1 aliphatic rings. The maximum atomic E-state index is 13.3. The van der Waals surface area contributed by atoms with Crippen molar-refractivity contribution < 1.29 is 76.9 Å². The molecule has 310 valence electrons. The van der Waals surface area contributed by atoms with Gasteiger partial charge >= 0.3 is 160 Å². The summed E-state index contributed by atoms with van der Waals surface area (Å²) in [5.74, 6) is -11.2. The van der Waals surface area contributed by atoms with Gasteiger partial charge in [0.25, 0.3) is 0 Å². The number of carbonyl (C=O) groups excluding carboxylic acids is 4. The van der Waals surface area contributed by atoms with Crippen molar-refractivity contribution in [1.29, 1.82) is 0 Å². The second-order valence-corrected chi connectivity index (χ2v) is 15.5. The molecule has 11 N–H and O–H groups in total. The summed E-state index contributed by atoms with van der Waals surface area (Å²) >= 11 is -2.21. The molecule has 0 saturated carbocycles. The van der Waals surface area contributed by atoms with Crippen molar-refractivity contribution in [3.63, 3.8) is 0 Å². The molecule has 1 aliphatic heterocycles. The van der Waals surface area contributed by atoms with Gasteiger partial charge in [-0.3, -0.25) is 38.7 Å². The number of carbonyl (C=O) groups is 9. The third kappa shape index (κ3) is 17.7. The molecule has 25 heteroatoms. The molecule has 1 fully saturated rings. The molecule has 23 nitrogen and oxygen atoms in total. The Morgan fingerprint density at radius 3 is 1.71 bits per heavy atom. The number of rotatable bonds is 22. The Morgan fingerprint density at radius 2 is 1.23 bits per heavy atom. The molecule has 1 aromatic rings. The van der Waals surface area contributed by atoms with Crippen molar-refractivity contribution in [3.05, 3.63) is 24.3 Å². The van der Waals surface area contributed by atoms with E-state index < -0.39 is 119 Å². The monoisotopic (exact) mass is 877 g/mol. The van der Waals surface area contributed by atoms with Crippen molar-refractivity contribution in [2.24, 2.45) is 0 Å². The zero-order chi connectivity index (χ0) is 41.9. The summed E-state index contributed by atoms with van der Waals surface area (Å²) in [5, 5.41) is 56.4. The van der Waals surface area contributed by atoms with Crippen LogP contribution in [0.3, 0.4) is 0 Å². The Labute approximate surface area is 328 Å². The van der Waals surface area contributed by atoms with Gasteiger partial charge in [-0.25, -0.2) is 9.59 Å². The van der Waals surface area contributed by atoms with Crippen LogP contribution in [0.5, 0.6) is 0 Å². The van der Waals surface area contributed by atoms with E-state index in [1.54, 1.807) is 0 Å². The third-order valence-corrected chi connectivity index (χ3v) is 10.6. The SMILES string of the molecule is O=C(O)CNC(=O)[C@H](CSCC(=O)Nc1ccc([As](O)O)cc1)NC(=O)CC[C@H](NC(=O)C(C(=O)O)N1CCN(CC(=O)O)CCN(CC(=O)O)CC1)C(=O)O. The summed E-state index contributed by atoms with van der Waals surface area (Å²) < 4.78 is 19.0. The van der Waals surface area contributed by atoms with Crippen molar-refractivity contribution in [3.8, 4) is 0 Å². The van der Waals surface area contributed by atoms with E-state index in [-0.39, 0.29) is 50.8 Å². The van der Waals surface area contributed by atoms with E-state index in [1.807, 2.05) is 0 Å². The third-order valence-electron chi connectivity index (χ3n) is 7.94. The zero-order valence-corrected chi connectivity index (χ0v) is 32.4. The molecule has 1 saturated heterocycles. The Bertz CT molecular complexity index is 1560. The fourth-order valence-corrected chi connectivity index (χ4v) is 6.93. The molecule has 1 aromatic carbocycles. The Kier molecular flexibility index (Phi) is 20.2. The number of carboxylic acids is 5. The molecule has 3 atom stereocenters. The van der Waals surface area contributed by atoms with Crippen molar-refractivity contribution in [1.82, 2.24) is 30.7 Å². The molecule has 0 spiro atoms. The summed E-state index contributed by atoms with van der Waals surface area (Å²) in [4.78, 5) is 114. The van der Waals surface area contributed by atoms with Gasteiger partial charge in [0.05, 0.1) is 13.1 Å². The standard InChI is InChI=1S/C31H44AsN7O16S/c40-22(35-21(28(48)33-13-24(42)43)16-56-17-23(41)34-19-3-1-18(2-4-19)32(54)55)6-5-20(30(50)51)36-29(49)27(31(52)53)39-11-9-37(14-25(44)45)7-8-38(10-12-39)15-26(46)47/h1-4,20-21,27,54-55H,5-17H2,(H,33,48)(H,34,41)(H,35,40)(H,36,49)(H,42,43)(H,44,45)(H,46,47)(H,50,51)(H,52,53)/t20-,21-,27?/m0/s1. The first-order valence-corrected chi connectivity index (χ1v) is 20.5. The second-order valence-electron chi connectivity index (χ2n) is 12.2. The van der Waals surface area contributed by atoms with Crippen LogP contribution in [0.2, 0.25) is 0 Å². The summed E-state index contributed by atoms with van der Waals surface area (Å²) in [6, 6.07) is 0.567. The first kappa shape index (κ1) is 47.3. The van der Waals surface area contributed by atoms with Crippen LogP contribution in [0.25, 0.3) is 0 Å². The Morgan fingerprint density at radius 1 is 0.679 bits per heavy atom. The average Bonchev–Trinajstić information content (AvgIpc) is 3.19. The van der Waals surface area contributed by atoms with Crippen LogP contribution >= 0.6 is 11.8 Å². The fourth-order valence-electron chi connectivity index (χ4n) is 5.21. The van der Waals surface area contributed by atoms with E-state index >= 15 is 0 Å². The van der Waals surface area contributed by atoms with Gasteiger partial charge in [-0.1, -0.05) is 0 Å². The van der Waals surface area contributed by atoms with Crippen LogP contribution in [0, 0.1) is 0 Å². The normalized spacial score (nSPS) is 15.8. The van der Waals surface area contributed by atoms with Gasteiger partial charge in [0.1, 0.15) is 12.6 Å². The molecule has 0 bridgehead atoms. The number of nitrogens with zero attached hydrogens (tertiary/aromatic N) is 3. The smallest absolute Gasteiger partial charge is 0.480 e. The Balaban J connectivity index is 2.08. The number of hydrogen-bond donors (Lipinski definition) is 11. The van der Waals surface area contributed by atoms with Crippen LogP contribution in [0.4, 0.5) is 5.69 Å². The van der Waals surface area contributed by atoms with Crippen LogP contribution in [0.15, 0.2) is 24.3 Å². The summed E-state index contributed by atoms with van der Waals surface area (Å²) in [5.41, 5.74) is 0.344. The molecule has 0 radical (unpaired) electrons. The van der Waals surface area contributed by atoms with Crippen LogP contribution in [-0.4, -0.2) is 206 Å². The number of hydrogen-bond acceptors (Lipinski definition) is 15. The maximum absolute atomic E-state index is 13.3. The molecular weight excluding hydrogens is 833 g/mol.